The van der Waals surface area contributed by atoms with Crippen molar-refractivity contribution in [3.63, 3.8) is 0 Å². The quantitative estimate of drug-likeness (QED) is 0.534. The molecule has 0 fully saturated rings. The molecule has 3 aromatic rings. The Hall–Kier alpha value is -3.16. The molecule has 8 nitrogen and oxygen atoms in total. The van der Waals surface area contributed by atoms with Crippen LogP contribution in [-0.4, -0.2) is 36.9 Å². The van der Waals surface area contributed by atoms with Gasteiger partial charge in [0.05, 0.1) is 23.7 Å². The number of aromatic amines is 2. The van der Waals surface area contributed by atoms with E-state index >= 15 is 0 Å². The molecule has 3 aromatic heterocycles. The number of pyridine rings is 2. The third-order valence-electron chi connectivity index (χ3n) is 5.73. The van der Waals surface area contributed by atoms with Crippen LogP contribution in [0.25, 0.3) is 22.8 Å². The maximum atomic E-state index is 12.9. The average molecular weight is 409 g/mol. The number of ether oxygens (including phenoxy) is 1. The zero-order valence-corrected chi connectivity index (χ0v) is 17.7. The Labute approximate surface area is 174 Å². The Morgan fingerprint density at radius 1 is 1.37 bits per heavy atom. The number of nitrogens with zero attached hydrogens (tertiary/aromatic N) is 3. The van der Waals surface area contributed by atoms with E-state index in [1.807, 2.05) is 13.0 Å². The Morgan fingerprint density at radius 2 is 2.17 bits per heavy atom. The molecule has 30 heavy (non-hydrogen) atoms. The summed E-state index contributed by atoms with van der Waals surface area (Å²) in [5.41, 5.74) is 3.43. The second kappa shape index (κ2) is 7.93. The van der Waals surface area contributed by atoms with E-state index in [4.69, 9.17) is 9.72 Å². The summed E-state index contributed by atoms with van der Waals surface area (Å²) in [4.78, 5) is 24.6. The van der Waals surface area contributed by atoms with Gasteiger partial charge >= 0.3 is 0 Å². The van der Waals surface area contributed by atoms with Crippen molar-refractivity contribution in [1.29, 1.82) is 0 Å². The number of H-pyrrole nitrogens is 2. The predicted molar refractivity (Wildman–Crippen MR) is 114 cm³/mol. The van der Waals surface area contributed by atoms with Crippen molar-refractivity contribution in [2.24, 2.45) is 5.92 Å². The number of hydrogen-bond acceptors (Lipinski definition) is 6. The van der Waals surface area contributed by atoms with Gasteiger partial charge in [0, 0.05) is 5.56 Å². The first kappa shape index (κ1) is 20.1. The number of rotatable bonds is 6. The van der Waals surface area contributed by atoms with Gasteiger partial charge in [-0.05, 0) is 43.2 Å². The number of fused-ring (bicyclic) bond motifs is 3. The fourth-order valence-electron chi connectivity index (χ4n) is 4.08. The fraction of sp³-hybridized carbons (Fsp3) is 0.455. The minimum Gasteiger partial charge on any atom is -0.507 e. The molecule has 3 heterocycles. The van der Waals surface area contributed by atoms with Gasteiger partial charge < -0.3 is 14.8 Å². The van der Waals surface area contributed by atoms with E-state index in [2.05, 4.69) is 40.9 Å². The first-order valence-electron chi connectivity index (χ1n) is 10.4. The van der Waals surface area contributed by atoms with Gasteiger partial charge in [0.1, 0.15) is 23.4 Å². The van der Waals surface area contributed by atoms with Crippen molar-refractivity contribution < 1.29 is 9.84 Å². The van der Waals surface area contributed by atoms with Crippen molar-refractivity contribution in [2.45, 2.75) is 52.9 Å². The maximum Gasteiger partial charge on any atom is 0.263 e. The summed E-state index contributed by atoms with van der Waals surface area (Å²) in [5, 5.41) is 17.6. The van der Waals surface area contributed by atoms with Gasteiger partial charge in [0.15, 0.2) is 5.82 Å². The fourth-order valence-corrected chi connectivity index (χ4v) is 4.08. The van der Waals surface area contributed by atoms with E-state index in [1.165, 1.54) is 6.33 Å². The molecule has 1 aliphatic carbocycles. The van der Waals surface area contributed by atoms with E-state index < -0.39 is 5.56 Å². The zero-order chi connectivity index (χ0) is 21.4. The molecule has 0 saturated heterocycles. The topological polar surface area (TPSA) is 117 Å². The van der Waals surface area contributed by atoms with E-state index in [0.29, 0.717) is 30.0 Å². The Morgan fingerprint density at radius 3 is 2.83 bits per heavy atom. The minimum atomic E-state index is -0.430. The van der Waals surface area contributed by atoms with Gasteiger partial charge in [-0.1, -0.05) is 27.2 Å². The molecule has 158 valence electrons. The largest absolute Gasteiger partial charge is 0.507 e. The van der Waals surface area contributed by atoms with Crippen LogP contribution < -0.4 is 10.3 Å². The van der Waals surface area contributed by atoms with Crippen LogP contribution in [0.5, 0.6) is 11.5 Å². The number of aromatic nitrogens is 5. The Balaban J connectivity index is 1.90. The lowest BCUT2D eigenvalue weighted by molar-refractivity contribution is 0.305. The van der Waals surface area contributed by atoms with Crippen LogP contribution in [0.15, 0.2) is 17.2 Å². The van der Waals surface area contributed by atoms with E-state index in [1.54, 1.807) is 0 Å². The van der Waals surface area contributed by atoms with Crippen molar-refractivity contribution in [1.82, 2.24) is 25.1 Å². The van der Waals surface area contributed by atoms with Gasteiger partial charge in [0.2, 0.25) is 0 Å². The smallest absolute Gasteiger partial charge is 0.263 e. The van der Waals surface area contributed by atoms with Gasteiger partial charge in [-0.15, -0.1) is 0 Å². The molecular formula is C22H27N5O3. The number of aromatic hydroxyl groups is 1. The number of nitrogens with one attached hydrogen (secondary N) is 2. The lowest BCUT2D eigenvalue weighted by atomic mass is 9.76. The first-order valence-corrected chi connectivity index (χ1v) is 10.4. The molecule has 1 atom stereocenters. The molecule has 0 bridgehead atoms. The van der Waals surface area contributed by atoms with Gasteiger partial charge in [-0.3, -0.25) is 9.89 Å². The molecule has 0 aliphatic heterocycles. The second-order valence-electron chi connectivity index (χ2n) is 8.14. The number of hydrogen-bond donors (Lipinski definition) is 3. The van der Waals surface area contributed by atoms with E-state index in [0.717, 1.165) is 29.8 Å². The van der Waals surface area contributed by atoms with Crippen molar-refractivity contribution in [3.8, 4) is 34.3 Å². The van der Waals surface area contributed by atoms with Crippen molar-refractivity contribution in [3.05, 3.63) is 39.6 Å². The Bertz CT molecular complexity index is 1120. The highest BCUT2D eigenvalue weighted by atomic mass is 16.5. The summed E-state index contributed by atoms with van der Waals surface area (Å²) >= 11 is 0. The molecule has 0 spiro atoms. The highest BCUT2D eigenvalue weighted by Gasteiger charge is 2.34. The number of unbranched alkanes of at least 4 members (excludes halogenated alkanes) is 1. The van der Waals surface area contributed by atoms with Crippen LogP contribution >= 0.6 is 0 Å². The van der Waals surface area contributed by atoms with E-state index in [9.17, 15) is 9.90 Å². The lowest BCUT2D eigenvalue weighted by Gasteiger charge is -2.31. The Kier molecular flexibility index (Phi) is 5.32. The molecule has 3 N–H and O–H groups in total. The summed E-state index contributed by atoms with van der Waals surface area (Å²) in [7, 11) is 0. The zero-order valence-electron chi connectivity index (χ0n) is 17.7. The average Bonchev–Trinajstić information content (AvgIpc) is 3.22. The minimum absolute atomic E-state index is 0.0130. The van der Waals surface area contributed by atoms with Gasteiger partial charge in [0.25, 0.3) is 5.56 Å². The molecule has 8 heteroatoms. The van der Waals surface area contributed by atoms with Gasteiger partial charge in [-0.25, -0.2) is 9.97 Å². The lowest BCUT2D eigenvalue weighted by Crippen LogP contribution is -2.23. The van der Waals surface area contributed by atoms with E-state index in [-0.39, 0.29) is 29.0 Å². The predicted octanol–water partition coefficient (Wildman–Crippen LogP) is 3.71. The van der Waals surface area contributed by atoms with Crippen molar-refractivity contribution in [2.75, 3.05) is 6.61 Å². The second-order valence-corrected chi connectivity index (χ2v) is 8.14. The molecule has 0 saturated carbocycles. The summed E-state index contributed by atoms with van der Waals surface area (Å²) in [6.45, 7) is 8.90. The first-order chi connectivity index (χ1) is 14.4. The molecular weight excluding hydrogens is 382 g/mol. The van der Waals surface area contributed by atoms with Crippen LogP contribution in [0.1, 0.15) is 56.4 Å². The highest BCUT2D eigenvalue weighted by Crippen LogP contribution is 2.47. The third-order valence-corrected chi connectivity index (χ3v) is 5.73. The third kappa shape index (κ3) is 3.36. The van der Waals surface area contributed by atoms with Gasteiger partial charge in [-0.2, -0.15) is 5.10 Å². The maximum absolute atomic E-state index is 12.9. The normalized spacial score (nSPS) is 15.2. The highest BCUT2D eigenvalue weighted by molar-refractivity contribution is 5.76. The van der Waals surface area contributed by atoms with Crippen LogP contribution in [0, 0.1) is 12.8 Å². The molecule has 1 aliphatic rings. The van der Waals surface area contributed by atoms with Crippen LogP contribution in [0.4, 0.5) is 0 Å². The van der Waals surface area contributed by atoms with Crippen LogP contribution in [0.2, 0.25) is 0 Å². The molecule has 0 radical (unpaired) electrons. The summed E-state index contributed by atoms with van der Waals surface area (Å²) in [6.07, 6.45) is 4.06. The molecule has 4 rings (SSSR count). The van der Waals surface area contributed by atoms with Crippen LogP contribution in [-0.2, 0) is 6.42 Å². The molecule has 0 aromatic carbocycles. The standard InChI is InChI=1S/C22H27N5O3/c1-5-6-7-30-15-9-13-8-14(11(2)3)16-19(18(13)25-12(15)4)26-22(29)17(20(16)28)21-23-10-24-27-21/h9-11,14H,5-8H2,1-4H3,(H,23,24,27)(H2,26,28,29). The van der Waals surface area contributed by atoms with Crippen LogP contribution in [0.3, 0.4) is 0 Å². The SMILES string of the molecule is CCCCOc1cc2c(nc1C)-c1[nH]c(=O)c(-c3ncn[nH]3)c(O)c1C(C(C)C)C2. The number of aryl methyl sites for hydroxylation is 1. The van der Waals surface area contributed by atoms with Crippen molar-refractivity contribution >= 4 is 0 Å². The molecule has 1 unspecified atom stereocenters. The summed E-state index contributed by atoms with van der Waals surface area (Å²) in [5.74, 6) is 1.21. The summed E-state index contributed by atoms with van der Waals surface area (Å²) < 4.78 is 5.94. The molecule has 0 amide bonds. The summed E-state index contributed by atoms with van der Waals surface area (Å²) in [6, 6.07) is 2.03. The monoisotopic (exact) mass is 409 g/mol.